The highest BCUT2D eigenvalue weighted by molar-refractivity contribution is 4.85. The first-order valence-corrected chi connectivity index (χ1v) is 4.46. The number of likely N-dealkylation sites (N-methyl/N-ethyl adjacent to an activating group) is 1. The molecule has 0 aliphatic rings. The van der Waals surface area contributed by atoms with Gasteiger partial charge in [-0.15, -0.1) is 0 Å². The van der Waals surface area contributed by atoms with Gasteiger partial charge in [0.2, 0.25) is 0 Å². The first-order valence-electron chi connectivity index (χ1n) is 4.46. The largest absolute Gasteiger partial charge is 0.324 e. The van der Waals surface area contributed by atoms with Crippen molar-refractivity contribution in [3.05, 3.63) is 0 Å². The Hall–Kier alpha value is -0.0800. The Morgan fingerprint density at radius 1 is 1.27 bits per heavy atom. The third-order valence-corrected chi connectivity index (χ3v) is 2.44. The maximum Gasteiger partial charge on any atom is 0.0252 e. The van der Waals surface area contributed by atoms with Gasteiger partial charge in [0.25, 0.3) is 0 Å². The van der Waals surface area contributed by atoms with Crippen LogP contribution in [0.5, 0.6) is 0 Å². The average molecular weight is 158 g/mol. The first-order chi connectivity index (χ1) is 4.93. The maximum absolute atomic E-state index is 5.99. The predicted octanol–water partition coefficient (Wildman–Crippen LogP) is 1.45. The fraction of sp³-hybridized carbons (Fsp3) is 1.00. The molecule has 0 radical (unpaired) electrons. The van der Waals surface area contributed by atoms with Crippen molar-refractivity contribution in [2.24, 2.45) is 5.73 Å². The van der Waals surface area contributed by atoms with Crippen LogP contribution in [0, 0.1) is 0 Å². The van der Waals surface area contributed by atoms with E-state index in [0.717, 1.165) is 13.1 Å². The van der Waals surface area contributed by atoms with Crippen LogP contribution in [0.1, 0.15) is 34.6 Å². The average Bonchev–Trinajstić information content (AvgIpc) is 1.88. The van der Waals surface area contributed by atoms with Crippen molar-refractivity contribution in [1.29, 1.82) is 0 Å². The molecule has 2 nitrogen and oxygen atoms in total. The van der Waals surface area contributed by atoms with Gasteiger partial charge >= 0.3 is 0 Å². The molecular formula is C9H22N2. The Morgan fingerprint density at radius 2 is 1.64 bits per heavy atom. The normalized spacial score (nSPS) is 15.5. The summed E-state index contributed by atoms with van der Waals surface area (Å²) in [6.07, 6.45) is 0. The molecule has 2 heteroatoms. The summed E-state index contributed by atoms with van der Waals surface area (Å²) in [5, 5.41) is 0. The number of hydrogen-bond acceptors (Lipinski definition) is 2. The van der Waals surface area contributed by atoms with Crippen molar-refractivity contribution >= 4 is 0 Å². The van der Waals surface area contributed by atoms with E-state index in [-0.39, 0.29) is 5.54 Å². The van der Waals surface area contributed by atoms with Crippen LogP contribution < -0.4 is 5.73 Å². The van der Waals surface area contributed by atoms with Gasteiger partial charge in [-0.05, 0) is 33.9 Å². The summed E-state index contributed by atoms with van der Waals surface area (Å²) >= 11 is 0. The van der Waals surface area contributed by atoms with Crippen LogP contribution in [0.4, 0.5) is 0 Å². The Bertz CT molecular complexity index is 101. The van der Waals surface area contributed by atoms with Crippen LogP contribution >= 0.6 is 0 Å². The molecule has 0 amide bonds. The van der Waals surface area contributed by atoms with Crippen molar-refractivity contribution in [3.8, 4) is 0 Å². The minimum Gasteiger partial charge on any atom is -0.324 e. The van der Waals surface area contributed by atoms with E-state index in [1.807, 2.05) is 0 Å². The summed E-state index contributed by atoms with van der Waals surface area (Å²) in [5.74, 6) is 0. The summed E-state index contributed by atoms with van der Waals surface area (Å²) in [4.78, 5) is 2.38. The minimum absolute atomic E-state index is 0.0913. The molecular weight excluding hydrogens is 136 g/mol. The van der Waals surface area contributed by atoms with Gasteiger partial charge < -0.3 is 5.73 Å². The van der Waals surface area contributed by atoms with Gasteiger partial charge in [0, 0.05) is 11.6 Å². The molecule has 0 aromatic heterocycles. The summed E-state index contributed by atoms with van der Waals surface area (Å²) in [6.45, 7) is 12.9. The van der Waals surface area contributed by atoms with Crippen LogP contribution in [0.2, 0.25) is 0 Å². The molecule has 0 heterocycles. The third kappa shape index (κ3) is 3.21. The molecule has 2 N–H and O–H groups in total. The maximum atomic E-state index is 5.99. The number of rotatable bonds is 4. The molecule has 0 aliphatic carbocycles. The zero-order valence-electron chi connectivity index (χ0n) is 8.52. The number of nitrogens with zero attached hydrogens (tertiary/aromatic N) is 1. The minimum atomic E-state index is -0.0913. The van der Waals surface area contributed by atoms with Crippen LogP contribution in [-0.4, -0.2) is 29.6 Å². The van der Waals surface area contributed by atoms with E-state index in [1.165, 1.54) is 0 Å². The standard InChI is InChI=1S/C9H22N2/c1-6-11(7-2)8(3)9(4,5)10/h8H,6-7,10H2,1-5H3. The molecule has 0 aromatic carbocycles. The van der Waals surface area contributed by atoms with Gasteiger partial charge in [-0.2, -0.15) is 0 Å². The Labute approximate surface area is 70.8 Å². The molecule has 0 bridgehead atoms. The number of nitrogens with two attached hydrogens (primary N) is 1. The van der Waals surface area contributed by atoms with Gasteiger partial charge in [0.15, 0.2) is 0 Å². The lowest BCUT2D eigenvalue weighted by Crippen LogP contribution is -2.52. The van der Waals surface area contributed by atoms with Crippen LogP contribution in [0.25, 0.3) is 0 Å². The summed E-state index contributed by atoms with van der Waals surface area (Å²) < 4.78 is 0. The van der Waals surface area contributed by atoms with Crippen LogP contribution in [-0.2, 0) is 0 Å². The molecule has 0 aromatic rings. The smallest absolute Gasteiger partial charge is 0.0252 e. The van der Waals surface area contributed by atoms with Crippen molar-refractivity contribution in [2.75, 3.05) is 13.1 Å². The van der Waals surface area contributed by atoms with E-state index >= 15 is 0 Å². The van der Waals surface area contributed by atoms with Gasteiger partial charge in [0.1, 0.15) is 0 Å². The van der Waals surface area contributed by atoms with Gasteiger partial charge in [-0.3, -0.25) is 4.90 Å². The zero-order chi connectivity index (χ0) is 9.07. The highest BCUT2D eigenvalue weighted by Crippen LogP contribution is 2.11. The highest BCUT2D eigenvalue weighted by Gasteiger charge is 2.24. The predicted molar refractivity (Wildman–Crippen MR) is 50.6 cm³/mol. The fourth-order valence-electron chi connectivity index (χ4n) is 1.24. The van der Waals surface area contributed by atoms with E-state index in [1.54, 1.807) is 0 Å². The molecule has 0 rings (SSSR count). The Kier molecular flexibility index (Phi) is 4.04. The lowest BCUT2D eigenvalue weighted by atomic mass is 9.96. The lowest BCUT2D eigenvalue weighted by molar-refractivity contribution is 0.164. The second kappa shape index (κ2) is 4.07. The third-order valence-electron chi connectivity index (χ3n) is 2.44. The van der Waals surface area contributed by atoms with E-state index in [0.29, 0.717) is 6.04 Å². The van der Waals surface area contributed by atoms with Crippen LogP contribution in [0.3, 0.4) is 0 Å². The molecule has 0 spiro atoms. The molecule has 1 atom stereocenters. The van der Waals surface area contributed by atoms with E-state index in [9.17, 15) is 0 Å². The van der Waals surface area contributed by atoms with Gasteiger partial charge in [-0.25, -0.2) is 0 Å². The SMILES string of the molecule is CCN(CC)C(C)C(C)(C)N. The van der Waals surface area contributed by atoms with Crippen molar-refractivity contribution < 1.29 is 0 Å². The Morgan fingerprint density at radius 3 is 1.73 bits per heavy atom. The second-order valence-electron chi connectivity index (χ2n) is 3.72. The molecule has 0 fully saturated rings. The fourth-order valence-corrected chi connectivity index (χ4v) is 1.24. The lowest BCUT2D eigenvalue weighted by Gasteiger charge is -2.36. The topological polar surface area (TPSA) is 29.3 Å². The van der Waals surface area contributed by atoms with Gasteiger partial charge in [0.05, 0.1) is 0 Å². The van der Waals surface area contributed by atoms with Crippen LogP contribution in [0.15, 0.2) is 0 Å². The molecule has 0 aliphatic heterocycles. The molecule has 11 heavy (non-hydrogen) atoms. The second-order valence-corrected chi connectivity index (χ2v) is 3.72. The van der Waals surface area contributed by atoms with Crippen molar-refractivity contribution in [2.45, 2.75) is 46.2 Å². The van der Waals surface area contributed by atoms with E-state index in [4.69, 9.17) is 5.73 Å². The zero-order valence-corrected chi connectivity index (χ0v) is 8.52. The first kappa shape index (κ1) is 10.9. The summed E-state index contributed by atoms with van der Waals surface area (Å²) in [7, 11) is 0. The highest BCUT2D eigenvalue weighted by atomic mass is 15.2. The van der Waals surface area contributed by atoms with Gasteiger partial charge in [-0.1, -0.05) is 13.8 Å². The molecule has 1 unspecified atom stereocenters. The molecule has 0 saturated carbocycles. The number of hydrogen-bond donors (Lipinski definition) is 1. The molecule has 0 saturated heterocycles. The quantitative estimate of drug-likeness (QED) is 0.671. The van der Waals surface area contributed by atoms with Crippen molar-refractivity contribution in [3.63, 3.8) is 0 Å². The Balaban J connectivity index is 4.09. The van der Waals surface area contributed by atoms with Crippen molar-refractivity contribution in [1.82, 2.24) is 4.90 Å². The molecule has 68 valence electrons. The summed E-state index contributed by atoms with van der Waals surface area (Å²) in [6, 6.07) is 0.456. The monoisotopic (exact) mass is 158 g/mol. The van der Waals surface area contributed by atoms with E-state index < -0.39 is 0 Å². The summed E-state index contributed by atoms with van der Waals surface area (Å²) in [5.41, 5.74) is 5.90. The van der Waals surface area contributed by atoms with E-state index in [2.05, 4.69) is 39.5 Å².